The average molecular weight is 223 g/mol. The summed E-state index contributed by atoms with van der Waals surface area (Å²) in [5, 5.41) is 9.05. The maximum Gasteiger partial charge on any atom is 0.293 e. The lowest BCUT2D eigenvalue weighted by Gasteiger charge is -2.31. The third-order valence-electron chi connectivity index (χ3n) is 3.17. The van der Waals surface area contributed by atoms with E-state index >= 15 is 0 Å². The molecule has 1 N–H and O–H groups in total. The van der Waals surface area contributed by atoms with Crippen LogP contribution in [0, 0.1) is 5.92 Å². The second-order valence-corrected chi connectivity index (χ2v) is 4.28. The van der Waals surface area contributed by atoms with Gasteiger partial charge < -0.3 is 14.6 Å². The molecule has 16 heavy (non-hydrogen) atoms. The monoisotopic (exact) mass is 223 g/mol. The van der Waals surface area contributed by atoms with Gasteiger partial charge in [0.25, 0.3) is 5.56 Å². The highest BCUT2D eigenvalue weighted by molar-refractivity contribution is 5.35. The normalized spacial score (nSPS) is 17.8. The second-order valence-electron chi connectivity index (χ2n) is 4.28. The predicted molar refractivity (Wildman–Crippen MR) is 61.5 cm³/mol. The smallest absolute Gasteiger partial charge is 0.293 e. The molecule has 5 nitrogen and oxygen atoms in total. The van der Waals surface area contributed by atoms with Gasteiger partial charge in [-0.1, -0.05) is 0 Å². The van der Waals surface area contributed by atoms with E-state index in [9.17, 15) is 4.79 Å². The van der Waals surface area contributed by atoms with Crippen molar-refractivity contribution in [1.82, 2.24) is 9.55 Å². The van der Waals surface area contributed by atoms with Gasteiger partial charge in [0.15, 0.2) is 5.82 Å². The zero-order valence-corrected chi connectivity index (χ0v) is 9.46. The molecule has 1 fully saturated rings. The molecular weight excluding hydrogens is 206 g/mol. The molecule has 1 aliphatic rings. The molecule has 0 bridgehead atoms. The minimum absolute atomic E-state index is 0.0510. The minimum Gasteiger partial charge on any atom is -0.396 e. The van der Waals surface area contributed by atoms with Crippen LogP contribution in [-0.4, -0.2) is 34.4 Å². The lowest BCUT2D eigenvalue weighted by Crippen LogP contribution is -2.39. The van der Waals surface area contributed by atoms with Crippen molar-refractivity contribution >= 4 is 5.82 Å². The SMILES string of the molecule is Cn1ccnc(N2CCC(CO)CC2)c1=O. The van der Waals surface area contributed by atoms with Gasteiger partial charge >= 0.3 is 0 Å². The van der Waals surface area contributed by atoms with E-state index in [4.69, 9.17) is 5.11 Å². The average Bonchev–Trinajstić information content (AvgIpc) is 2.33. The summed E-state index contributed by atoms with van der Waals surface area (Å²) >= 11 is 0. The Kier molecular flexibility index (Phi) is 3.24. The van der Waals surface area contributed by atoms with Crippen LogP contribution < -0.4 is 10.5 Å². The van der Waals surface area contributed by atoms with Crippen LogP contribution >= 0.6 is 0 Å². The summed E-state index contributed by atoms with van der Waals surface area (Å²) in [6.07, 6.45) is 5.16. The molecule has 0 amide bonds. The van der Waals surface area contributed by atoms with E-state index in [0.29, 0.717) is 11.7 Å². The van der Waals surface area contributed by atoms with Crippen LogP contribution in [0.1, 0.15) is 12.8 Å². The summed E-state index contributed by atoms with van der Waals surface area (Å²) in [5.74, 6) is 0.908. The van der Waals surface area contributed by atoms with E-state index < -0.39 is 0 Å². The van der Waals surface area contributed by atoms with E-state index in [1.165, 1.54) is 0 Å². The highest BCUT2D eigenvalue weighted by Gasteiger charge is 2.21. The van der Waals surface area contributed by atoms with Crippen molar-refractivity contribution in [2.75, 3.05) is 24.6 Å². The maximum absolute atomic E-state index is 11.8. The first-order chi connectivity index (χ1) is 7.72. The molecule has 0 unspecified atom stereocenters. The zero-order valence-electron chi connectivity index (χ0n) is 9.46. The van der Waals surface area contributed by atoms with Gasteiger partial charge in [-0.3, -0.25) is 4.79 Å². The minimum atomic E-state index is -0.0510. The van der Waals surface area contributed by atoms with Crippen molar-refractivity contribution in [3.8, 4) is 0 Å². The number of aromatic nitrogens is 2. The summed E-state index contributed by atoms with van der Waals surface area (Å²) in [6.45, 7) is 1.85. The molecule has 1 saturated heterocycles. The van der Waals surface area contributed by atoms with Crippen LogP contribution in [0.25, 0.3) is 0 Å². The van der Waals surface area contributed by atoms with Crippen LogP contribution in [0.3, 0.4) is 0 Å². The number of hydrogen-bond acceptors (Lipinski definition) is 4. The van der Waals surface area contributed by atoms with E-state index in [1.54, 1.807) is 24.0 Å². The molecule has 0 aromatic carbocycles. The summed E-state index contributed by atoms with van der Waals surface area (Å²) in [5.41, 5.74) is -0.0510. The molecule has 1 aromatic rings. The zero-order chi connectivity index (χ0) is 11.5. The molecular formula is C11H17N3O2. The molecule has 1 aromatic heterocycles. The lowest BCUT2D eigenvalue weighted by molar-refractivity contribution is 0.202. The van der Waals surface area contributed by atoms with Crippen molar-refractivity contribution < 1.29 is 5.11 Å². The molecule has 0 saturated carbocycles. The van der Waals surface area contributed by atoms with Gasteiger partial charge in [-0.2, -0.15) is 0 Å². The molecule has 5 heteroatoms. The molecule has 1 aliphatic heterocycles. The van der Waals surface area contributed by atoms with Crippen molar-refractivity contribution in [3.05, 3.63) is 22.7 Å². The Balaban J connectivity index is 2.14. The Labute approximate surface area is 94.3 Å². The summed E-state index contributed by atoms with van der Waals surface area (Å²) < 4.78 is 1.54. The quantitative estimate of drug-likeness (QED) is 0.766. The van der Waals surface area contributed by atoms with E-state index in [0.717, 1.165) is 25.9 Å². The Hall–Kier alpha value is -1.36. The molecule has 88 valence electrons. The van der Waals surface area contributed by atoms with Crippen molar-refractivity contribution in [1.29, 1.82) is 0 Å². The van der Waals surface area contributed by atoms with E-state index in [1.807, 2.05) is 4.90 Å². The van der Waals surface area contributed by atoms with Crippen LogP contribution in [0.5, 0.6) is 0 Å². The molecule has 0 aliphatic carbocycles. The number of aryl methyl sites for hydroxylation is 1. The Morgan fingerprint density at radius 1 is 1.50 bits per heavy atom. The molecule has 0 spiro atoms. The van der Waals surface area contributed by atoms with Crippen LogP contribution in [-0.2, 0) is 7.05 Å². The van der Waals surface area contributed by atoms with Crippen molar-refractivity contribution in [2.24, 2.45) is 13.0 Å². The highest BCUT2D eigenvalue weighted by atomic mass is 16.3. The van der Waals surface area contributed by atoms with Gasteiger partial charge in [-0.15, -0.1) is 0 Å². The van der Waals surface area contributed by atoms with Gasteiger partial charge in [0, 0.05) is 39.1 Å². The fraction of sp³-hybridized carbons (Fsp3) is 0.636. The highest BCUT2D eigenvalue weighted by Crippen LogP contribution is 2.18. The predicted octanol–water partition coefficient (Wildman–Crippen LogP) is -0.0110. The molecule has 2 rings (SSSR count). The van der Waals surface area contributed by atoms with Gasteiger partial charge in [0.1, 0.15) is 0 Å². The van der Waals surface area contributed by atoms with Gasteiger partial charge in [-0.25, -0.2) is 4.98 Å². The first-order valence-corrected chi connectivity index (χ1v) is 5.60. The van der Waals surface area contributed by atoms with Crippen LogP contribution in [0.2, 0.25) is 0 Å². The fourth-order valence-corrected chi connectivity index (χ4v) is 2.03. The number of nitrogens with zero attached hydrogens (tertiary/aromatic N) is 3. The molecule has 2 heterocycles. The van der Waals surface area contributed by atoms with E-state index in [-0.39, 0.29) is 12.2 Å². The van der Waals surface area contributed by atoms with Crippen molar-refractivity contribution in [3.63, 3.8) is 0 Å². The third kappa shape index (κ3) is 2.09. The van der Waals surface area contributed by atoms with Gasteiger partial charge in [-0.05, 0) is 18.8 Å². The van der Waals surface area contributed by atoms with Gasteiger partial charge in [0.2, 0.25) is 0 Å². The number of rotatable bonds is 2. The first kappa shape index (κ1) is 11.1. The number of aliphatic hydroxyl groups is 1. The standard InChI is InChI=1S/C11H17N3O2/c1-13-7-4-12-10(11(13)16)14-5-2-9(8-15)3-6-14/h4,7,9,15H,2-3,5-6,8H2,1H3. The molecule has 0 radical (unpaired) electrons. The summed E-state index contributed by atoms with van der Waals surface area (Å²) in [4.78, 5) is 18.0. The number of hydrogen-bond donors (Lipinski definition) is 1. The maximum atomic E-state index is 11.8. The largest absolute Gasteiger partial charge is 0.396 e. The van der Waals surface area contributed by atoms with Gasteiger partial charge in [0.05, 0.1) is 0 Å². The number of anilines is 1. The topological polar surface area (TPSA) is 58.4 Å². The van der Waals surface area contributed by atoms with Crippen molar-refractivity contribution in [2.45, 2.75) is 12.8 Å². The summed E-state index contributed by atoms with van der Waals surface area (Å²) in [7, 11) is 1.73. The third-order valence-corrected chi connectivity index (χ3v) is 3.17. The number of aliphatic hydroxyl groups excluding tert-OH is 1. The Morgan fingerprint density at radius 2 is 2.19 bits per heavy atom. The Morgan fingerprint density at radius 3 is 2.81 bits per heavy atom. The second kappa shape index (κ2) is 4.65. The first-order valence-electron chi connectivity index (χ1n) is 5.60. The van der Waals surface area contributed by atoms with E-state index in [2.05, 4.69) is 4.98 Å². The summed E-state index contributed by atoms with van der Waals surface area (Å²) in [6, 6.07) is 0. The van der Waals surface area contributed by atoms with Crippen LogP contribution in [0.4, 0.5) is 5.82 Å². The van der Waals surface area contributed by atoms with Crippen LogP contribution in [0.15, 0.2) is 17.2 Å². The lowest BCUT2D eigenvalue weighted by atomic mass is 9.98. The number of piperidine rings is 1. The molecule has 0 atom stereocenters. The Bertz CT molecular complexity index is 408. The fourth-order valence-electron chi connectivity index (χ4n) is 2.03.